The number of anilines is 1. The summed E-state index contributed by atoms with van der Waals surface area (Å²) in [6, 6.07) is 0. The average molecular weight is 277 g/mol. The molecule has 0 aliphatic rings. The van der Waals surface area contributed by atoms with Crippen LogP contribution in [0.15, 0.2) is 18.6 Å². The molecular weight excluding hydrogens is 258 g/mol. The van der Waals surface area contributed by atoms with Gasteiger partial charge in [-0.1, -0.05) is 13.8 Å². The van der Waals surface area contributed by atoms with Crippen molar-refractivity contribution in [1.82, 2.24) is 19.6 Å². The normalized spacial score (nSPS) is 11.0. The molecule has 2 heterocycles. The molecule has 2 aromatic heterocycles. The van der Waals surface area contributed by atoms with Gasteiger partial charge in [0.15, 0.2) is 0 Å². The standard InChI is InChI=1S/C13H19N5O2/c1-9(2)11-5-15-17(3)12(11)6-14-10-4-16-18(7-10)8-13(19)20/h4-5,7,9,14H,6,8H2,1-3H3,(H,19,20). The number of aryl methyl sites for hydroxylation is 1. The van der Waals surface area contributed by atoms with E-state index in [0.717, 1.165) is 11.4 Å². The maximum atomic E-state index is 10.6. The van der Waals surface area contributed by atoms with E-state index in [1.54, 1.807) is 12.4 Å². The minimum absolute atomic E-state index is 0.134. The third-order valence-electron chi connectivity index (χ3n) is 3.11. The van der Waals surface area contributed by atoms with E-state index in [4.69, 9.17) is 5.11 Å². The Labute approximate surface area is 117 Å². The Balaban J connectivity index is 2.03. The van der Waals surface area contributed by atoms with Crippen molar-refractivity contribution in [1.29, 1.82) is 0 Å². The van der Waals surface area contributed by atoms with Crippen molar-refractivity contribution >= 4 is 11.7 Å². The van der Waals surface area contributed by atoms with Crippen molar-refractivity contribution in [2.24, 2.45) is 7.05 Å². The van der Waals surface area contributed by atoms with Crippen molar-refractivity contribution in [3.8, 4) is 0 Å². The topological polar surface area (TPSA) is 85.0 Å². The second kappa shape index (κ2) is 5.77. The molecule has 2 aromatic rings. The quantitative estimate of drug-likeness (QED) is 0.834. The van der Waals surface area contributed by atoms with Gasteiger partial charge in [-0.2, -0.15) is 10.2 Å². The average Bonchev–Trinajstić information content (AvgIpc) is 2.93. The molecule has 2 rings (SSSR count). The van der Waals surface area contributed by atoms with Gasteiger partial charge < -0.3 is 10.4 Å². The van der Waals surface area contributed by atoms with Gasteiger partial charge in [0.2, 0.25) is 0 Å². The molecule has 0 radical (unpaired) electrons. The first-order chi connectivity index (χ1) is 9.47. The Morgan fingerprint density at radius 2 is 2.15 bits per heavy atom. The number of nitrogens with one attached hydrogen (secondary N) is 1. The van der Waals surface area contributed by atoms with Crippen LogP contribution in [0.4, 0.5) is 5.69 Å². The highest BCUT2D eigenvalue weighted by atomic mass is 16.4. The van der Waals surface area contributed by atoms with Gasteiger partial charge in [-0.25, -0.2) is 0 Å². The Morgan fingerprint density at radius 3 is 2.80 bits per heavy atom. The van der Waals surface area contributed by atoms with Gasteiger partial charge in [0.1, 0.15) is 6.54 Å². The van der Waals surface area contributed by atoms with Crippen molar-refractivity contribution in [2.75, 3.05) is 5.32 Å². The monoisotopic (exact) mass is 277 g/mol. The largest absolute Gasteiger partial charge is 0.480 e. The molecule has 0 aliphatic carbocycles. The Bertz CT molecular complexity index is 600. The van der Waals surface area contributed by atoms with Crippen LogP contribution in [0, 0.1) is 0 Å². The summed E-state index contributed by atoms with van der Waals surface area (Å²) in [7, 11) is 1.91. The SMILES string of the molecule is CC(C)c1cnn(C)c1CNc1cnn(CC(=O)O)c1. The minimum atomic E-state index is -0.909. The molecule has 0 aliphatic heterocycles. The summed E-state index contributed by atoms with van der Waals surface area (Å²) in [6.07, 6.45) is 5.18. The van der Waals surface area contributed by atoms with Crippen molar-refractivity contribution < 1.29 is 9.90 Å². The molecule has 2 N–H and O–H groups in total. The molecule has 20 heavy (non-hydrogen) atoms. The van der Waals surface area contributed by atoms with Gasteiger partial charge in [0.25, 0.3) is 0 Å². The number of carboxylic acids is 1. The molecule has 0 amide bonds. The number of aromatic nitrogens is 4. The fourth-order valence-electron chi connectivity index (χ4n) is 2.04. The van der Waals surface area contributed by atoms with Crippen molar-refractivity contribution in [2.45, 2.75) is 32.9 Å². The molecule has 0 unspecified atom stereocenters. The zero-order chi connectivity index (χ0) is 14.7. The van der Waals surface area contributed by atoms with E-state index in [2.05, 4.69) is 29.4 Å². The number of hydrogen-bond donors (Lipinski definition) is 2. The molecule has 0 aromatic carbocycles. The van der Waals surface area contributed by atoms with Crippen LogP contribution in [0.25, 0.3) is 0 Å². The number of aliphatic carboxylic acids is 1. The molecule has 0 spiro atoms. The van der Waals surface area contributed by atoms with Gasteiger partial charge in [0, 0.05) is 13.2 Å². The highest BCUT2D eigenvalue weighted by molar-refractivity contribution is 5.66. The van der Waals surface area contributed by atoms with Crippen LogP contribution in [0.2, 0.25) is 0 Å². The van der Waals surface area contributed by atoms with Crippen LogP contribution in [0.3, 0.4) is 0 Å². The van der Waals surface area contributed by atoms with Gasteiger partial charge in [-0.15, -0.1) is 0 Å². The molecule has 7 heteroatoms. The van der Waals surface area contributed by atoms with Crippen LogP contribution in [0.1, 0.15) is 31.0 Å². The zero-order valence-electron chi connectivity index (χ0n) is 11.9. The number of nitrogens with zero attached hydrogens (tertiary/aromatic N) is 4. The minimum Gasteiger partial charge on any atom is -0.480 e. The molecule has 0 saturated heterocycles. The molecule has 0 fully saturated rings. The highest BCUT2D eigenvalue weighted by Gasteiger charge is 2.11. The highest BCUT2D eigenvalue weighted by Crippen LogP contribution is 2.19. The van der Waals surface area contributed by atoms with E-state index in [-0.39, 0.29) is 6.54 Å². The van der Waals surface area contributed by atoms with E-state index in [1.807, 2.05) is 17.9 Å². The van der Waals surface area contributed by atoms with Gasteiger partial charge in [-0.05, 0) is 11.5 Å². The Hall–Kier alpha value is -2.31. The van der Waals surface area contributed by atoms with E-state index >= 15 is 0 Å². The second-order valence-electron chi connectivity index (χ2n) is 5.00. The maximum Gasteiger partial charge on any atom is 0.325 e. The predicted molar refractivity (Wildman–Crippen MR) is 74.5 cm³/mol. The van der Waals surface area contributed by atoms with Crippen LogP contribution >= 0.6 is 0 Å². The summed E-state index contributed by atoms with van der Waals surface area (Å²) in [6.45, 7) is 4.75. The van der Waals surface area contributed by atoms with E-state index < -0.39 is 5.97 Å². The first-order valence-electron chi connectivity index (χ1n) is 6.46. The number of carboxylic acid groups (broad SMARTS) is 1. The fraction of sp³-hybridized carbons (Fsp3) is 0.462. The predicted octanol–water partition coefficient (Wildman–Crippen LogP) is 1.44. The van der Waals surface area contributed by atoms with Crippen LogP contribution in [-0.4, -0.2) is 30.6 Å². The molecule has 108 valence electrons. The van der Waals surface area contributed by atoms with Crippen LogP contribution in [-0.2, 0) is 24.9 Å². The van der Waals surface area contributed by atoms with Crippen molar-refractivity contribution in [3.63, 3.8) is 0 Å². The second-order valence-corrected chi connectivity index (χ2v) is 5.00. The number of carbonyl (C=O) groups is 1. The van der Waals surface area contributed by atoms with Gasteiger partial charge in [-0.3, -0.25) is 14.2 Å². The summed E-state index contributed by atoms with van der Waals surface area (Å²) < 4.78 is 3.24. The Morgan fingerprint density at radius 1 is 1.40 bits per heavy atom. The first kappa shape index (κ1) is 14.1. The zero-order valence-corrected chi connectivity index (χ0v) is 11.9. The van der Waals surface area contributed by atoms with E-state index in [0.29, 0.717) is 12.5 Å². The molecule has 0 bridgehead atoms. The Kier molecular flexibility index (Phi) is 4.07. The van der Waals surface area contributed by atoms with Crippen molar-refractivity contribution in [3.05, 3.63) is 29.8 Å². The third kappa shape index (κ3) is 3.17. The molecule has 7 nitrogen and oxygen atoms in total. The van der Waals surface area contributed by atoms with E-state index in [9.17, 15) is 4.79 Å². The van der Waals surface area contributed by atoms with E-state index in [1.165, 1.54) is 10.2 Å². The third-order valence-corrected chi connectivity index (χ3v) is 3.11. The summed E-state index contributed by atoms with van der Waals surface area (Å²) >= 11 is 0. The maximum absolute atomic E-state index is 10.6. The lowest BCUT2D eigenvalue weighted by Crippen LogP contribution is -2.09. The van der Waals surface area contributed by atoms with Crippen LogP contribution < -0.4 is 5.32 Å². The lowest BCUT2D eigenvalue weighted by Gasteiger charge is -2.09. The number of rotatable bonds is 6. The molecule has 0 saturated carbocycles. The first-order valence-corrected chi connectivity index (χ1v) is 6.46. The summed E-state index contributed by atoms with van der Waals surface area (Å²) in [5.41, 5.74) is 3.12. The summed E-state index contributed by atoms with van der Waals surface area (Å²) in [4.78, 5) is 10.6. The summed E-state index contributed by atoms with van der Waals surface area (Å²) in [5, 5.41) is 20.2. The smallest absolute Gasteiger partial charge is 0.325 e. The molecular formula is C13H19N5O2. The number of hydrogen-bond acceptors (Lipinski definition) is 4. The lowest BCUT2D eigenvalue weighted by atomic mass is 10.0. The molecule has 0 atom stereocenters. The van der Waals surface area contributed by atoms with Gasteiger partial charge >= 0.3 is 5.97 Å². The van der Waals surface area contributed by atoms with Gasteiger partial charge in [0.05, 0.1) is 30.3 Å². The van der Waals surface area contributed by atoms with Crippen LogP contribution in [0.5, 0.6) is 0 Å². The fourth-order valence-corrected chi connectivity index (χ4v) is 2.04. The lowest BCUT2D eigenvalue weighted by molar-refractivity contribution is -0.137. The summed E-state index contributed by atoms with van der Waals surface area (Å²) in [5.74, 6) is -0.497.